The maximum Gasteiger partial charge on any atom is 0.262 e. The van der Waals surface area contributed by atoms with E-state index in [1.165, 1.54) is 4.90 Å². The first-order valence-electron chi connectivity index (χ1n) is 5.75. The third-order valence-electron chi connectivity index (χ3n) is 2.93. The molecule has 1 aliphatic heterocycles. The predicted molar refractivity (Wildman–Crippen MR) is 72.4 cm³/mol. The van der Waals surface area contributed by atoms with Gasteiger partial charge in [-0.25, -0.2) is 0 Å². The van der Waals surface area contributed by atoms with Crippen LogP contribution in [0.5, 0.6) is 0 Å². The number of imide groups is 1. The first kappa shape index (κ1) is 13.2. The highest BCUT2D eigenvalue weighted by molar-refractivity contribution is 9.10. The van der Waals surface area contributed by atoms with Crippen LogP contribution in [0.4, 0.5) is 0 Å². The van der Waals surface area contributed by atoms with Crippen molar-refractivity contribution in [3.8, 4) is 0 Å². The fourth-order valence-corrected chi connectivity index (χ4v) is 2.43. The number of amides is 2. The zero-order valence-corrected chi connectivity index (χ0v) is 12.0. The Kier molecular flexibility index (Phi) is 3.29. The van der Waals surface area contributed by atoms with Crippen molar-refractivity contribution in [2.45, 2.75) is 25.8 Å². The van der Waals surface area contributed by atoms with Gasteiger partial charge in [-0.1, -0.05) is 6.07 Å². The molecule has 0 fully saturated rings. The van der Waals surface area contributed by atoms with Gasteiger partial charge in [0.15, 0.2) is 0 Å². The molecule has 2 rings (SSSR count). The number of hydrogen-bond donors (Lipinski definition) is 1. The van der Waals surface area contributed by atoms with Crippen molar-refractivity contribution in [2.24, 2.45) is 5.73 Å². The van der Waals surface area contributed by atoms with Crippen LogP contribution in [0.1, 0.15) is 41.0 Å². The molecule has 0 atom stereocenters. The van der Waals surface area contributed by atoms with Gasteiger partial charge in [-0.05, 0) is 48.3 Å². The summed E-state index contributed by atoms with van der Waals surface area (Å²) >= 11 is 3.31. The fourth-order valence-electron chi connectivity index (χ4n) is 1.90. The second-order valence-corrected chi connectivity index (χ2v) is 6.02. The van der Waals surface area contributed by atoms with Crippen LogP contribution in [0.3, 0.4) is 0 Å². The second-order valence-electron chi connectivity index (χ2n) is 5.16. The number of fused-ring (bicyclic) bond motifs is 1. The lowest BCUT2D eigenvalue weighted by Crippen LogP contribution is -2.39. The molecule has 1 aliphatic rings. The van der Waals surface area contributed by atoms with E-state index in [-0.39, 0.29) is 11.8 Å². The third-order valence-corrected chi connectivity index (χ3v) is 3.59. The average Bonchev–Trinajstić information content (AvgIpc) is 2.49. The van der Waals surface area contributed by atoms with Crippen LogP contribution in [0.2, 0.25) is 0 Å². The minimum Gasteiger partial charge on any atom is -0.325 e. The van der Waals surface area contributed by atoms with Crippen LogP contribution >= 0.6 is 15.9 Å². The van der Waals surface area contributed by atoms with E-state index in [2.05, 4.69) is 15.9 Å². The van der Waals surface area contributed by atoms with Gasteiger partial charge in [0, 0.05) is 16.6 Å². The van der Waals surface area contributed by atoms with Crippen LogP contribution in [-0.4, -0.2) is 28.8 Å². The SMILES string of the molecule is CC(C)(N)CCN1C(=O)c2cccc(Br)c2C1=O. The summed E-state index contributed by atoms with van der Waals surface area (Å²) in [6.45, 7) is 4.10. The normalized spacial score (nSPS) is 15.2. The van der Waals surface area contributed by atoms with E-state index in [9.17, 15) is 9.59 Å². The summed E-state index contributed by atoms with van der Waals surface area (Å²) in [5.41, 5.74) is 6.40. The predicted octanol–water partition coefficient (Wildman–Crippen LogP) is 2.17. The van der Waals surface area contributed by atoms with Crippen molar-refractivity contribution in [3.63, 3.8) is 0 Å². The van der Waals surface area contributed by atoms with Gasteiger partial charge in [-0.2, -0.15) is 0 Å². The molecule has 2 N–H and O–H groups in total. The van der Waals surface area contributed by atoms with Crippen molar-refractivity contribution < 1.29 is 9.59 Å². The Hall–Kier alpha value is -1.20. The van der Waals surface area contributed by atoms with Gasteiger partial charge < -0.3 is 5.73 Å². The van der Waals surface area contributed by atoms with Crippen LogP contribution in [0.25, 0.3) is 0 Å². The Morgan fingerprint density at radius 2 is 1.94 bits per heavy atom. The van der Waals surface area contributed by atoms with Crippen molar-refractivity contribution >= 4 is 27.7 Å². The maximum absolute atomic E-state index is 12.2. The Labute approximate surface area is 114 Å². The second kappa shape index (κ2) is 4.48. The summed E-state index contributed by atoms with van der Waals surface area (Å²) in [6, 6.07) is 5.19. The first-order chi connectivity index (χ1) is 8.31. The summed E-state index contributed by atoms with van der Waals surface area (Å²) in [6.07, 6.45) is 0.579. The summed E-state index contributed by atoms with van der Waals surface area (Å²) in [7, 11) is 0. The lowest BCUT2D eigenvalue weighted by molar-refractivity contribution is 0.0645. The lowest BCUT2D eigenvalue weighted by atomic mass is 10.0. The van der Waals surface area contributed by atoms with E-state index in [1.54, 1.807) is 18.2 Å². The molecular weight excluding hydrogens is 296 g/mol. The highest BCUT2D eigenvalue weighted by atomic mass is 79.9. The van der Waals surface area contributed by atoms with Crippen LogP contribution in [-0.2, 0) is 0 Å². The van der Waals surface area contributed by atoms with E-state index < -0.39 is 5.54 Å². The molecule has 5 heteroatoms. The van der Waals surface area contributed by atoms with E-state index >= 15 is 0 Å². The van der Waals surface area contributed by atoms with E-state index in [0.29, 0.717) is 28.6 Å². The van der Waals surface area contributed by atoms with Gasteiger partial charge in [0.05, 0.1) is 11.1 Å². The molecule has 0 aliphatic carbocycles. The van der Waals surface area contributed by atoms with E-state index in [4.69, 9.17) is 5.73 Å². The Balaban J connectivity index is 2.27. The topological polar surface area (TPSA) is 63.4 Å². The summed E-state index contributed by atoms with van der Waals surface area (Å²) in [4.78, 5) is 25.6. The third kappa shape index (κ3) is 2.33. The zero-order chi connectivity index (χ0) is 13.5. The van der Waals surface area contributed by atoms with Crippen molar-refractivity contribution in [1.29, 1.82) is 0 Å². The largest absolute Gasteiger partial charge is 0.325 e. The number of halogens is 1. The van der Waals surface area contributed by atoms with Gasteiger partial charge in [0.1, 0.15) is 0 Å². The van der Waals surface area contributed by atoms with E-state index in [1.807, 2.05) is 13.8 Å². The van der Waals surface area contributed by atoms with Gasteiger partial charge in [-0.15, -0.1) is 0 Å². The van der Waals surface area contributed by atoms with Gasteiger partial charge in [-0.3, -0.25) is 14.5 Å². The number of hydrogen-bond acceptors (Lipinski definition) is 3. The molecule has 0 spiro atoms. The molecule has 1 aromatic rings. The standard InChI is InChI=1S/C13H15BrN2O2/c1-13(2,15)6-7-16-11(17)8-4-3-5-9(14)10(8)12(16)18/h3-5H,6-7,15H2,1-2H3. The van der Waals surface area contributed by atoms with Crippen LogP contribution in [0, 0.1) is 0 Å². The minimum absolute atomic E-state index is 0.236. The molecule has 18 heavy (non-hydrogen) atoms. The molecule has 0 radical (unpaired) electrons. The number of carbonyl (C=O) groups is 2. The quantitative estimate of drug-likeness (QED) is 0.870. The Bertz CT molecular complexity index is 520. The van der Waals surface area contributed by atoms with Crippen molar-refractivity contribution in [2.75, 3.05) is 6.54 Å². The summed E-state index contributed by atoms with van der Waals surface area (Å²) in [5, 5.41) is 0. The minimum atomic E-state index is -0.396. The number of rotatable bonds is 3. The smallest absolute Gasteiger partial charge is 0.262 e. The number of benzene rings is 1. The maximum atomic E-state index is 12.2. The molecule has 0 unspecified atom stereocenters. The van der Waals surface area contributed by atoms with Crippen molar-refractivity contribution in [3.05, 3.63) is 33.8 Å². The number of nitrogens with zero attached hydrogens (tertiary/aromatic N) is 1. The average molecular weight is 311 g/mol. The molecule has 0 saturated carbocycles. The molecule has 0 bridgehead atoms. The fraction of sp³-hybridized carbons (Fsp3) is 0.385. The van der Waals surface area contributed by atoms with Crippen molar-refractivity contribution in [1.82, 2.24) is 4.90 Å². The van der Waals surface area contributed by atoms with Gasteiger partial charge in [0.25, 0.3) is 11.8 Å². The molecule has 1 aromatic carbocycles. The van der Waals surface area contributed by atoms with Gasteiger partial charge in [0.2, 0.25) is 0 Å². The number of nitrogens with two attached hydrogens (primary N) is 1. The summed E-state index contributed by atoms with van der Waals surface area (Å²) < 4.78 is 0.660. The molecule has 2 amide bonds. The Morgan fingerprint density at radius 1 is 1.28 bits per heavy atom. The number of carbonyl (C=O) groups excluding carboxylic acids is 2. The lowest BCUT2D eigenvalue weighted by Gasteiger charge is -2.22. The zero-order valence-electron chi connectivity index (χ0n) is 10.4. The first-order valence-corrected chi connectivity index (χ1v) is 6.54. The highest BCUT2D eigenvalue weighted by Crippen LogP contribution is 2.29. The Morgan fingerprint density at radius 3 is 2.50 bits per heavy atom. The van der Waals surface area contributed by atoms with E-state index in [0.717, 1.165) is 0 Å². The molecular formula is C13H15BrN2O2. The van der Waals surface area contributed by atoms with Gasteiger partial charge >= 0.3 is 0 Å². The molecule has 96 valence electrons. The highest BCUT2D eigenvalue weighted by Gasteiger charge is 2.37. The molecule has 0 saturated heterocycles. The molecule has 1 heterocycles. The van der Waals surface area contributed by atoms with Crippen LogP contribution in [0.15, 0.2) is 22.7 Å². The monoisotopic (exact) mass is 310 g/mol. The molecule has 4 nitrogen and oxygen atoms in total. The van der Waals surface area contributed by atoms with Crippen LogP contribution < -0.4 is 5.73 Å². The summed E-state index contributed by atoms with van der Waals surface area (Å²) in [5.74, 6) is -0.479. The molecule has 0 aromatic heterocycles.